The molecule has 0 aromatic heterocycles. The predicted octanol–water partition coefficient (Wildman–Crippen LogP) is 2.53. The highest BCUT2D eigenvalue weighted by Crippen LogP contribution is 2.19. The van der Waals surface area contributed by atoms with Crippen molar-refractivity contribution < 1.29 is 31.6 Å². The third-order valence-corrected chi connectivity index (χ3v) is 5.30. The van der Waals surface area contributed by atoms with Crippen LogP contribution < -0.4 is 10.1 Å². The van der Waals surface area contributed by atoms with E-state index in [2.05, 4.69) is 15.2 Å². The molecule has 0 spiro atoms. The Labute approximate surface area is 166 Å². The first-order valence-electron chi connectivity index (χ1n) is 8.22. The summed E-state index contributed by atoms with van der Waals surface area (Å²) < 4.78 is 54.4. The number of amides is 1. The first-order chi connectivity index (χ1) is 13.7. The van der Waals surface area contributed by atoms with Gasteiger partial charge in [-0.05, 0) is 30.3 Å². The van der Waals surface area contributed by atoms with Crippen LogP contribution in [-0.4, -0.2) is 52.2 Å². The van der Waals surface area contributed by atoms with Crippen molar-refractivity contribution in [3.8, 4) is 5.75 Å². The third kappa shape index (κ3) is 6.50. The Bertz CT molecular complexity index is 981. The van der Waals surface area contributed by atoms with Gasteiger partial charge in [0.15, 0.2) is 6.61 Å². The summed E-state index contributed by atoms with van der Waals surface area (Å²) in [5.74, 6) is -0.670. The summed E-state index contributed by atoms with van der Waals surface area (Å²) in [5.41, 5.74) is 0.510. The number of alkyl halides is 2. The minimum Gasteiger partial charge on any atom is -0.434 e. The summed E-state index contributed by atoms with van der Waals surface area (Å²) in [7, 11) is -0.838. The highest BCUT2D eigenvalue weighted by molar-refractivity contribution is 7.89. The minimum atomic E-state index is -3.64. The van der Waals surface area contributed by atoms with Crippen LogP contribution in [-0.2, 0) is 19.7 Å². The number of nitrogens with one attached hydrogen (secondary N) is 1. The van der Waals surface area contributed by atoms with Gasteiger partial charge in [0.2, 0.25) is 10.0 Å². The number of anilines is 1. The molecule has 0 aliphatic rings. The first kappa shape index (κ1) is 22.2. The van der Waals surface area contributed by atoms with Crippen LogP contribution in [0.25, 0.3) is 0 Å². The number of para-hydroxylation sites is 1. The number of hydrogen-bond acceptors (Lipinski definition) is 6. The lowest BCUT2D eigenvalue weighted by molar-refractivity contribution is -0.120. The average molecular weight is 427 g/mol. The lowest BCUT2D eigenvalue weighted by Gasteiger charge is -2.12. The van der Waals surface area contributed by atoms with Crippen molar-refractivity contribution in [1.82, 2.24) is 4.31 Å². The molecule has 2 aromatic carbocycles. The van der Waals surface area contributed by atoms with E-state index >= 15 is 0 Å². The zero-order chi connectivity index (χ0) is 21.4. The molecule has 8 nitrogen and oxygen atoms in total. The second kappa shape index (κ2) is 9.94. The van der Waals surface area contributed by atoms with Crippen molar-refractivity contribution in [3.63, 3.8) is 0 Å². The molecule has 0 unspecified atom stereocenters. The molecule has 0 saturated carbocycles. The molecule has 0 fully saturated rings. The predicted molar refractivity (Wildman–Crippen MR) is 103 cm³/mol. The quantitative estimate of drug-likeness (QED) is 0.490. The Morgan fingerprint density at radius 1 is 1.21 bits per heavy atom. The standard InChI is InChI=1S/C18H19F2N3O5S/c1-23(2)29(25,26)15-8-5-7-14(10-15)22-17(24)12-27-21-11-13-6-3-4-9-16(13)28-18(19)20/h3-11,18H,12H2,1-2H3,(H,22,24)/b21-11+. The molecule has 0 heterocycles. The molecule has 0 aliphatic heterocycles. The number of carbonyl (C=O) groups excluding carboxylic acids is 1. The fraction of sp³-hybridized carbons (Fsp3) is 0.222. The number of sulfonamides is 1. The number of carbonyl (C=O) groups is 1. The molecule has 1 amide bonds. The second-order valence-electron chi connectivity index (χ2n) is 5.79. The van der Waals surface area contributed by atoms with Gasteiger partial charge in [-0.2, -0.15) is 8.78 Å². The molecule has 0 saturated heterocycles. The smallest absolute Gasteiger partial charge is 0.387 e. The largest absolute Gasteiger partial charge is 0.434 e. The number of benzene rings is 2. The molecular weight excluding hydrogens is 408 g/mol. The van der Waals surface area contributed by atoms with E-state index in [0.717, 1.165) is 10.5 Å². The summed E-state index contributed by atoms with van der Waals surface area (Å²) in [6, 6.07) is 11.7. The molecular formula is C18H19F2N3O5S. The van der Waals surface area contributed by atoms with Gasteiger partial charge in [0, 0.05) is 25.3 Å². The number of halogens is 2. The highest BCUT2D eigenvalue weighted by Gasteiger charge is 2.17. The van der Waals surface area contributed by atoms with Crippen LogP contribution in [0.3, 0.4) is 0 Å². The van der Waals surface area contributed by atoms with E-state index in [1.54, 1.807) is 6.07 Å². The lowest BCUT2D eigenvalue weighted by atomic mass is 10.2. The van der Waals surface area contributed by atoms with Gasteiger partial charge in [0.1, 0.15) is 5.75 Å². The summed E-state index contributed by atoms with van der Waals surface area (Å²) in [4.78, 5) is 16.8. The van der Waals surface area contributed by atoms with Crippen molar-refractivity contribution in [1.29, 1.82) is 0 Å². The van der Waals surface area contributed by atoms with Crippen LogP contribution >= 0.6 is 0 Å². The van der Waals surface area contributed by atoms with Gasteiger partial charge in [-0.15, -0.1) is 0 Å². The number of nitrogens with zero attached hydrogens (tertiary/aromatic N) is 2. The van der Waals surface area contributed by atoms with Gasteiger partial charge in [0.05, 0.1) is 11.1 Å². The molecule has 11 heteroatoms. The number of rotatable bonds is 9. The van der Waals surface area contributed by atoms with E-state index in [9.17, 15) is 22.0 Å². The Balaban J connectivity index is 1.94. The summed E-state index contributed by atoms with van der Waals surface area (Å²) in [6.07, 6.45) is 1.13. The van der Waals surface area contributed by atoms with Crippen LogP contribution in [0.15, 0.2) is 58.6 Å². The zero-order valence-corrected chi connectivity index (χ0v) is 16.4. The molecule has 29 heavy (non-hydrogen) atoms. The van der Waals surface area contributed by atoms with E-state index in [-0.39, 0.29) is 21.9 Å². The van der Waals surface area contributed by atoms with Gasteiger partial charge >= 0.3 is 6.61 Å². The Morgan fingerprint density at radius 3 is 2.62 bits per heavy atom. The average Bonchev–Trinajstić information content (AvgIpc) is 2.66. The van der Waals surface area contributed by atoms with Crippen molar-refractivity contribution in [2.24, 2.45) is 5.16 Å². The van der Waals surface area contributed by atoms with Crippen molar-refractivity contribution in [2.75, 3.05) is 26.0 Å². The summed E-state index contributed by atoms with van der Waals surface area (Å²) in [5, 5.41) is 6.04. The fourth-order valence-electron chi connectivity index (χ4n) is 2.12. The van der Waals surface area contributed by atoms with Crippen molar-refractivity contribution >= 4 is 27.8 Å². The molecule has 0 aliphatic carbocycles. The van der Waals surface area contributed by atoms with E-state index in [1.165, 1.54) is 56.6 Å². The van der Waals surface area contributed by atoms with Crippen LogP contribution in [0.5, 0.6) is 5.75 Å². The van der Waals surface area contributed by atoms with Gasteiger partial charge in [-0.3, -0.25) is 4.79 Å². The van der Waals surface area contributed by atoms with Gasteiger partial charge in [-0.25, -0.2) is 12.7 Å². The Kier molecular flexibility index (Phi) is 7.62. The number of hydrogen-bond donors (Lipinski definition) is 1. The second-order valence-corrected chi connectivity index (χ2v) is 7.94. The molecule has 0 bridgehead atoms. The van der Waals surface area contributed by atoms with Gasteiger partial charge < -0.3 is 14.9 Å². The summed E-state index contributed by atoms with van der Waals surface area (Å²) in [6.45, 7) is -3.46. The Hall–Kier alpha value is -3.05. The minimum absolute atomic E-state index is 0.0230. The molecule has 0 radical (unpaired) electrons. The molecule has 0 atom stereocenters. The van der Waals surface area contributed by atoms with Crippen molar-refractivity contribution in [2.45, 2.75) is 11.5 Å². The molecule has 2 rings (SSSR count). The molecule has 156 valence electrons. The summed E-state index contributed by atoms with van der Waals surface area (Å²) >= 11 is 0. The van der Waals surface area contributed by atoms with Crippen molar-refractivity contribution in [3.05, 3.63) is 54.1 Å². The molecule has 2 aromatic rings. The fourth-order valence-corrected chi connectivity index (χ4v) is 3.07. The van der Waals surface area contributed by atoms with Gasteiger partial charge in [-0.1, -0.05) is 23.4 Å². The highest BCUT2D eigenvalue weighted by atomic mass is 32.2. The van der Waals surface area contributed by atoms with E-state index in [0.29, 0.717) is 0 Å². The maximum Gasteiger partial charge on any atom is 0.387 e. The topological polar surface area (TPSA) is 97.3 Å². The van der Waals surface area contributed by atoms with Crippen LogP contribution in [0, 0.1) is 0 Å². The van der Waals surface area contributed by atoms with E-state index in [4.69, 9.17) is 4.84 Å². The maximum absolute atomic E-state index is 12.4. The maximum atomic E-state index is 12.4. The first-order valence-corrected chi connectivity index (χ1v) is 9.66. The van der Waals surface area contributed by atoms with E-state index in [1.807, 2.05) is 0 Å². The monoisotopic (exact) mass is 427 g/mol. The van der Waals surface area contributed by atoms with Crippen LogP contribution in [0.4, 0.5) is 14.5 Å². The lowest BCUT2D eigenvalue weighted by Crippen LogP contribution is -2.22. The number of ether oxygens (including phenoxy) is 1. The van der Waals surface area contributed by atoms with E-state index < -0.39 is 29.1 Å². The third-order valence-electron chi connectivity index (χ3n) is 3.49. The normalized spacial score (nSPS) is 11.8. The number of oxime groups is 1. The zero-order valence-electron chi connectivity index (χ0n) is 15.6. The van der Waals surface area contributed by atoms with Crippen LogP contribution in [0.1, 0.15) is 5.56 Å². The Morgan fingerprint density at radius 2 is 1.93 bits per heavy atom. The van der Waals surface area contributed by atoms with Crippen LogP contribution in [0.2, 0.25) is 0 Å². The van der Waals surface area contributed by atoms with Gasteiger partial charge in [0.25, 0.3) is 5.91 Å². The molecule has 1 N–H and O–H groups in total. The SMILES string of the molecule is CN(C)S(=O)(=O)c1cccc(NC(=O)CO/N=C/c2ccccc2OC(F)F)c1.